The van der Waals surface area contributed by atoms with E-state index in [1.807, 2.05) is 54.2 Å². The molecule has 11 nitrogen and oxygen atoms in total. The predicted molar refractivity (Wildman–Crippen MR) is 164 cm³/mol. The van der Waals surface area contributed by atoms with E-state index < -0.39 is 11.7 Å². The molecule has 3 heterocycles. The molecule has 5 rings (SSSR count). The van der Waals surface area contributed by atoms with Crippen molar-refractivity contribution in [2.45, 2.75) is 45.3 Å². The van der Waals surface area contributed by atoms with Gasteiger partial charge in [-0.25, -0.2) is 14.8 Å². The first-order valence-corrected chi connectivity index (χ1v) is 14.2. The van der Waals surface area contributed by atoms with Crippen molar-refractivity contribution in [2.75, 3.05) is 36.9 Å². The van der Waals surface area contributed by atoms with Crippen molar-refractivity contribution in [2.24, 2.45) is 7.05 Å². The number of amides is 2. The second kappa shape index (κ2) is 12.1. The number of piperidine rings is 1. The standard InChI is InChI=1S/C31H38N8O3/c1-31(2,3)42-30(41)33-19-27(40)39-15-12-22(13-16-39)35-29-32-14-11-26(36-29)38(5)23-17-24(21-9-7-6-8-10-21)28-25(18-23)37(4)20-34-28/h6-11,14,17-18,20,22H,12-13,15-16,19H2,1-5H3,(H,33,41)(H,32,35,36). The fraction of sp³-hybridized carbons (Fsp3) is 0.387. The van der Waals surface area contributed by atoms with Gasteiger partial charge in [-0.1, -0.05) is 30.3 Å². The molecule has 0 saturated carbocycles. The van der Waals surface area contributed by atoms with Crippen LogP contribution in [0.5, 0.6) is 0 Å². The second-order valence-electron chi connectivity index (χ2n) is 11.5. The van der Waals surface area contributed by atoms with Crippen molar-refractivity contribution in [3.8, 4) is 11.1 Å². The Morgan fingerprint density at radius 2 is 1.81 bits per heavy atom. The summed E-state index contributed by atoms with van der Waals surface area (Å²) in [5.41, 5.74) is 4.53. The van der Waals surface area contributed by atoms with Gasteiger partial charge in [-0.15, -0.1) is 0 Å². The van der Waals surface area contributed by atoms with E-state index in [2.05, 4.69) is 44.9 Å². The molecule has 0 radical (unpaired) electrons. The molecule has 1 aliphatic heterocycles. The Morgan fingerprint density at radius 3 is 2.52 bits per heavy atom. The highest BCUT2D eigenvalue weighted by Crippen LogP contribution is 2.34. The molecule has 42 heavy (non-hydrogen) atoms. The summed E-state index contributed by atoms with van der Waals surface area (Å²) in [7, 11) is 3.99. The zero-order chi connectivity index (χ0) is 29.9. The van der Waals surface area contributed by atoms with Gasteiger partial charge >= 0.3 is 6.09 Å². The van der Waals surface area contributed by atoms with Crippen LogP contribution in [0.2, 0.25) is 0 Å². The van der Waals surface area contributed by atoms with Crippen molar-refractivity contribution in [1.82, 2.24) is 29.7 Å². The van der Waals surface area contributed by atoms with Crippen LogP contribution in [-0.2, 0) is 16.6 Å². The molecule has 2 amide bonds. The number of hydrogen-bond donors (Lipinski definition) is 2. The van der Waals surface area contributed by atoms with Gasteiger partial charge in [0.1, 0.15) is 18.0 Å². The Kier molecular flexibility index (Phi) is 8.28. The van der Waals surface area contributed by atoms with E-state index in [0.717, 1.165) is 46.5 Å². The average Bonchev–Trinajstić information content (AvgIpc) is 3.35. The fourth-order valence-electron chi connectivity index (χ4n) is 5.01. The highest BCUT2D eigenvalue weighted by molar-refractivity contribution is 5.95. The summed E-state index contributed by atoms with van der Waals surface area (Å²) in [6.45, 7) is 6.44. The molecule has 0 spiro atoms. The van der Waals surface area contributed by atoms with E-state index >= 15 is 0 Å². The minimum Gasteiger partial charge on any atom is -0.444 e. The Hall–Kier alpha value is -4.67. The summed E-state index contributed by atoms with van der Waals surface area (Å²) in [6, 6.07) is 16.5. The minimum absolute atomic E-state index is 0.0822. The van der Waals surface area contributed by atoms with Crippen LogP contribution in [0.3, 0.4) is 0 Å². The summed E-state index contributed by atoms with van der Waals surface area (Å²) in [6.07, 6.45) is 4.50. The van der Waals surface area contributed by atoms with Crippen LogP contribution in [0.4, 0.5) is 22.2 Å². The first-order valence-electron chi connectivity index (χ1n) is 14.2. The number of aromatic nitrogens is 4. The summed E-state index contributed by atoms with van der Waals surface area (Å²) in [5.74, 6) is 1.17. The molecule has 2 aromatic carbocycles. The predicted octanol–water partition coefficient (Wildman–Crippen LogP) is 4.73. The number of rotatable bonds is 7. The number of anilines is 3. The summed E-state index contributed by atoms with van der Waals surface area (Å²) in [5, 5.41) is 5.99. The molecule has 4 aromatic rings. The monoisotopic (exact) mass is 570 g/mol. The number of nitrogens with zero attached hydrogens (tertiary/aromatic N) is 6. The van der Waals surface area contributed by atoms with Crippen LogP contribution in [0.15, 0.2) is 61.1 Å². The number of fused-ring (bicyclic) bond motifs is 1. The molecule has 220 valence electrons. The molecule has 0 atom stereocenters. The number of carbonyl (C=O) groups is 2. The number of benzene rings is 2. The SMILES string of the molecule is CN(c1cc(-c2ccccc2)c2ncn(C)c2c1)c1ccnc(NC2CCN(C(=O)CNC(=O)OC(C)(C)C)CC2)n1. The van der Waals surface area contributed by atoms with Gasteiger partial charge in [0.05, 0.1) is 17.4 Å². The van der Waals surface area contributed by atoms with Crippen LogP contribution < -0.4 is 15.5 Å². The number of ether oxygens (including phenoxy) is 1. The van der Waals surface area contributed by atoms with E-state index in [1.54, 1.807) is 31.9 Å². The second-order valence-corrected chi connectivity index (χ2v) is 11.5. The number of alkyl carbamates (subject to hydrolysis) is 1. The quantitative estimate of drug-likeness (QED) is 0.328. The topological polar surface area (TPSA) is 118 Å². The lowest BCUT2D eigenvalue weighted by Gasteiger charge is -2.32. The summed E-state index contributed by atoms with van der Waals surface area (Å²) in [4.78, 5) is 42.2. The molecular formula is C31H38N8O3. The fourth-order valence-corrected chi connectivity index (χ4v) is 5.01. The van der Waals surface area contributed by atoms with Gasteiger partial charge in [0.15, 0.2) is 0 Å². The van der Waals surface area contributed by atoms with Gasteiger partial charge in [0, 0.05) is 50.7 Å². The van der Waals surface area contributed by atoms with Crippen molar-refractivity contribution in [3.05, 3.63) is 61.1 Å². The molecule has 1 saturated heterocycles. The van der Waals surface area contributed by atoms with Crippen LogP contribution in [-0.4, -0.2) is 74.7 Å². The van der Waals surface area contributed by atoms with Crippen LogP contribution >= 0.6 is 0 Å². The van der Waals surface area contributed by atoms with Crippen LogP contribution in [0, 0.1) is 0 Å². The molecule has 2 aromatic heterocycles. The Labute approximate surface area is 245 Å². The normalized spacial score (nSPS) is 14.1. The summed E-state index contributed by atoms with van der Waals surface area (Å²) >= 11 is 0. The smallest absolute Gasteiger partial charge is 0.408 e. The average molecular weight is 571 g/mol. The maximum absolute atomic E-state index is 12.6. The molecule has 0 aliphatic carbocycles. The van der Waals surface area contributed by atoms with E-state index in [9.17, 15) is 9.59 Å². The molecule has 1 fully saturated rings. The number of aryl methyl sites for hydroxylation is 1. The minimum atomic E-state index is -0.608. The Bertz CT molecular complexity index is 1560. The Morgan fingerprint density at radius 1 is 1.07 bits per heavy atom. The van der Waals surface area contributed by atoms with E-state index in [0.29, 0.717) is 19.0 Å². The number of imidazole rings is 1. The van der Waals surface area contributed by atoms with Crippen molar-refractivity contribution < 1.29 is 14.3 Å². The lowest BCUT2D eigenvalue weighted by atomic mass is 10.0. The molecule has 1 aliphatic rings. The third kappa shape index (κ3) is 6.79. The molecule has 0 unspecified atom stereocenters. The lowest BCUT2D eigenvalue weighted by molar-refractivity contribution is -0.131. The third-order valence-corrected chi connectivity index (χ3v) is 7.23. The van der Waals surface area contributed by atoms with Crippen molar-refractivity contribution in [1.29, 1.82) is 0 Å². The van der Waals surface area contributed by atoms with Gasteiger partial charge in [0.2, 0.25) is 11.9 Å². The Balaban J connectivity index is 1.22. The highest BCUT2D eigenvalue weighted by atomic mass is 16.6. The van der Waals surface area contributed by atoms with E-state index in [-0.39, 0.29) is 18.5 Å². The van der Waals surface area contributed by atoms with E-state index in [4.69, 9.17) is 9.72 Å². The third-order valence-electron chi connectivity index (χ3n) is 7.23. The number of carbonyl (C=O) groups excluding carboxylic acids is 2. The van der Waals surface area contributed by atoms with Crippen LogP contribution in [0.25, 0.3) is 22.2 Å². The van der Waals surface area contributed by atoms with Gasteiger partial charge in [-0.05, 0) is 57.4 Å². The lowest BCUT2D eigenvalue weighted by Crippen LogP contribution is -2.47. The largest absolute Gasteiger partial charge is 0.444 e. The van der Waals surface area contributed by atoms with Crippen molar-refractivity contribution >= 4 is 40.5 Å². The maximum Gasteiger partial charge on any atom is 0.408 e. The zero-order valence-corrected chi connectivity index (χ0v) is 24.8. The highest BCUT2D eigenvalue weighted by Gasteiger charge is 2.25. The first-order chi connectivity index (χ1) is 20.1. The van der Waals surface area contributed by atoms with Crippen molar-refractivity contribution in [3.63, 3.8) is 0 Å². The number of hydrogen-bond acceptors (Lipinski definition) is 8. The molecule has 2 N–H and O–H groups in total. The number of nitrogens with one attached hydrogen (secondary N) is 2. The molecule has 0 bridgehead atoms. The zero-order valence-electron chi connectivity index (χ0n) is 24.8. The van der Waals surface area contributed by atoms with Gasteiger partial charge in [-0.2, -0.15) is 4.98 Å². The first kappa shape index (κ1) is 28.8. The van der Waals surface area contributed by atoms with Gasteiger partial charge in [0.25, 0.3) is 0 Å². The maximum atomic E-state index is 12.6. The molecule has 11 heteroatoms. The van der Waals surface area contributed by atoms with E-state index in [1.165, 1.54) is 0 Å². The molecular weight excluding hydrogens is 532 g/mol. The summed E-state index contributed by atoms with van der Waals surface area (Å²) < 4.78 is 7.23. The van der Waals surface area contributed by atoms with Crippen LogP contribution in [0.1, 0.15) is 33.6 Å². The van der Waals surface area contributed by atoms with Gasteiger partial charge < -0.3 is 29.7 Å². The van der Waals surface area contributed by atoms with Gasteiger partial charge in [-0.3, -0.25) is 4.79 Å². The number of likely N-dealkylation sites (tertiary alicyclic amines) is 1.